The first kappa shape index (κ1) is 19.5. The summed E-state index contributed by atoms with van der Waals surface area (Å²) < 4.78 is 0. The van der Waals surface area contributed by atoms with Gasteiger partial charge in [0.05, 0.1) is 0 Å². The van der Waals surface area contributed by atoms with Crippen molar-refractivity contribution >= 4 is 29.4 Å². The summed E-state index contributed by atoms with van der Waals surface area (Å²) in [4.78, 5) is 39.1. The second-order valence-electron chi connectivity index (χ2n) is 7.47. The number of rotatable bonds is 5. The number of carbonyl (C=O) groups is 3. The van der Waals surface area contributed by atoms with Crippen molar-refractivity contribution in [1.82, 2.24) is 15.5 Å². The third-order valence-corrected chi connectivity index (χ3v) is 5.81. The van der Waals surface area contributed by atoms with Crippen LogP contribution in [0.15, 0.2) is 48.5 Å². The molecule has 150 valence electrons. The predicted octanol–water partition coefficient (Wildman–Crippen LogP) is 2.78. The summed E-state index contributed by atoms with van der Waals surface area (Å²) >= 11 is 5.96. The third-order valence-electron chi connectivity index (χ3n) is 5.58. The second-order valence-corrected chi connectivity index (χ2v) is 7.90. The van der Waals surface area contributed by atoms with Gasteiger partial charge >= 0.3 is 6.03 Å². The Balaban J connectivity index is 1.40. The number of nitrogens with zero attached hydrogens (tertiary/aromatic N) is 1. The molecule has 1 aliphatic heterocycles. The Hall–Kier alpha value is -2.86. The molecule has 0 aromatic heterocycles. The van der Waals surface area contributed by atoms with Crippen LogP contribution in [0, 0.1) is 0 Å². The van der Waals surface area contributed by atoms with Gasteiger partial charge in [0.1, 0.15) is 12.1 Å². The summed E-state index contributed by atoms with van der Waals surface area (Å²) in [7, 11) is 0. The number of nitrogens with one attached hydrogen (secondary N) is 2. The number of amides is 4. The average molecular weight is 412 g/mol. The lowest BCUT2D eigenvalue weighted by atomic mass is 9.76. The normalized spacial score (nSPS) is 20.5. The molecule has 1 saturated heterocycles. The zero-order valence-electron chi connectivity index (χ0n) is 15.9. The molecule has 0 saturated carbocycles. The molecule has 0 radical (unpaired) electrons. The monoisotopic (exact) mass is 411 g/mol. The molecule has 1 spiro atoms. The molecule has 0 unspecified atom stereocenters. The van der Waals surface area contributed by atoms with Gasteiger partial charge in [0.25, 0.3) is 5.91 Å². The highest BCUT2D eigenvalue weighted by Crippen LogP contribution is 2.39. The van der Waals surface area contributed by atoms with Crippen molar-refractivity contribution in [1.29, 1.82) is 0 Å². The maximum absolute atomic E-state index is 13.2. The molecule has 2 N–H and O–H groups in total. The molecular weight excluding hydrogens is 390 g/mol. The van der Waals surface area contributed by atoms with E-state index in [2.05, 4.69) is 10.6 Å². The first-order valence-corrected chi connectivity index (χ1v) is 10.1. The van der Waals surface area contributed by atoms with Gasteiger partial charge in [-0.15, -0.1) is 0 Å². The van der Waals surface area contributed by atoms with E-state index in [1.165, 1.54) is 0 Å². The van der Waals surface area contributed by atoms with Crippen LogP contribution in [0.5, 0.6) is 0 Å². The predicted molar refractivity (Wildman–Crippen MR) is 109 cm³/mol. The van der Waals surface area contributed by atoms with Crippen LogP contribution >= 0.6 is 11.6 Å². The van der Waals surface area contributed by atoms with Crippen molar-refractivity contribution < 1.29 is 14.4 Å². The minimum Gasteiger partial charge on any atom is -0.354 e. The summed E-state index contributed by atoms with van der Waals surface area (Å²) in [6, 6.07) is 14.6. The van der Waals surface area contributed by atoms with Crippen molar-refractivity contribution in [3.05, 3.63) is 70.2 Å². The second kappa shape index (κ2) is 7.87. The maximum atomic E-state index is 13.2. The number of imide groups is 1. The van der Waals surface area contributed by atoms with E-state index in [1.54, 1.807) is 6.07 Å². The third kappa shape index (κ3) is 3.72. The van der Waals surface area contributed by atoms with E-state index < -0.39 is 11.6 Å². The van der Waals surface area contributed by atoms with Crippen molar-refractivity contribution in [3.8, 4) is 0 Å². The highest BCUT2D eigenvalue weighted by atomic mass is 35.5. The number of fused-ring (bicyclic) bond motifs is 2. The lowest BCUT2D eigenvalue weighted by Gasteiger charge is -2.33. The Morgan fingerprint density at radius 3 is 2.83 bits per heavy atom. The zero-order valence-corrected chi connectivity index (χ0v) is 16.7. The number of benzene rings is 2. The number of carbonyl (C=O) groups excluding carboxylic acids is 3. The lowest BCUT2D eigenvalue weighted by molar-refractivity contribution is -0.135. The smallest absolute Gasteiger partial charge is 0.325 e. The van der Waals surface area contributed by atoms with Gasteiger partial charge in [-0.2, -0.15) is 0 Å². The van der Waals surface area contributed by atoms with Crippen LogP contribution in [0.4, 0.5) is 4.79 Å². The molecule has 2 aliphatic rings. The van der Waals surface area contributed by atoms with Crippen molar-refractivity contribution in [2.45, 2.75) is 31.2 Å². The molecule has 1 atom stereocenters. The van der Waals surface area contributed by atoms with Gasteiger partial charge in [-0.1, -0.05) is 48.0 Å². The molecule has 2 aromatic rings. The molecule has 1 heterocycles. The molecular formula is C22H22ClN3O3. The van der Waals surface area contributed by atoms with Gasteiger partial charge in [0.15, 0.2) is 0 Å². The summed E-state index contributed by atoms with van der Waals surface area (Å²) in [6.07, 6.45) is 2.85. The summed E-state index contributed by atoms with van der Waals surface area (Å²) in [6.45, 7) is 0.112. The van der Waals surface area contributed by atoms with Crippen molar-refractivity contribution in [3.63, 3.8) is 0 Å². The Morgan fingerprint density at radius 1 is 1.17 bits per heavy atom. The van der Waals surface area contributed by atoms with Gasteiger partial charge in [0, 0.05) is 11.6 Å². The fraction of sp³-hybridized carbons (Fsp3) is 0.318. The van der Waals surface area contributed by atoms with Crippen molar-refractivity contribution in [2.75, 3.05) is 13.1 Å². The minimum atomic E-state index is -1.05. The largest absolute Gasteiger partial charge is 0.354 e. The zero-order chi connectivity index (χ0) is 20.4. The van der Waals surface area contributed by atoms with Crippen LogP contribution in [0.3, 0.4) is 0 Å². The molecule has 2 aromatic carbocycles. The van der Waals surface area contributed by atoms with Gasteiger partial charge in [0.2, 0.25) is 5.91 Å². The van der Waals surface area contributed by atoms with E-state index >= 15 is 0 Å². The van der Waals surface area contributed by atoms with Gasteiger partial charge in [-0.05, 0) is 54.5 Å². The molecule has 29 heavy (non-hydrogen) atoms. The Morgan fingerprint density at radius 2 is 2.00 bits per heavy atom. The quantitative estimate of drug-likeness (QED) is 0.742. The van der Waals surface area contributed by atoms with Crippen LogP contribution < -0.4 is 10.6 Å². The highest BCUT2D eigenvalue weighted by Gasteiger charge is 2.54. The topological polar surface area (TPSA) is 78.5 Å². The Labute approximate surface area is 174 Å². The van der Waals surface area contributed by atoms with E-state index in [-0.39, 0.29) is 18.4 Å². The van der Waals surface area contributed by atoms with Crippen LogP contribution in [0.25, 0.3) is 0 Å². The fourth-order valence-corrected chi connectivity index (χ4v) is 4.41. The van der Waals surface area contributed by atoms with E-state index in [0.717, 1.165) is 34.4 Å². The van der Waals surface area contributed by atoms with E-state index in [9.17, 15) is 14.4 Å². The summed E-state index contributed by atoms with van der Waals surface area (Å²) in [5.41, 5.74) is 1.87. The van der Waals surface area contributed by atoms with Crippen LogP contribution in [0.1, 0.15) is 29.5 Å². The molecule has 1 fully saturated rings. The first-order chi connectivity index (χ1) is 14.0. The SMILES string of the molecule is O=C(CN1C(=O)N[C@]2(CCCc3ccccc32)C1=O)NCCc1cccc(Cl)c1. The summed E-state index contributed by atoms with van der Waals surface area (Å²) in [5.74, 6) is -0.712. The number of hydrogen-bond donors (Lipinski definition) is 2. The summed E-state index contributed by atoms with van der Waals surface area (Å²) in [5, 5.41) is 6.28. The molecule has 1 aliphatic carbocycles. The van der Waals surface area contributed by atoms with Crippen LogP contribution in [-0.4, -0.2) is 35.8 Å². The fourth-order valence-electron chi connectivity index (χ4n) is 4.19. The van der Waals surface area contributed by atoms with Crippen LogP contribution in [0.2, 0.25) is 5.02 Å². The van der Waals surface area contributed by atoms with Gasteiger partial charge < -0.3 is 10.6 Å². The highest BCUT2D eigenvalue weighted by molar-refractivity contribution is 6.30. The minimum absolute atomic E-state index is 0.288. The molecule has 7 heteroatoms. The van der Waals surface area contributed by atoms with E-state index in [1.807, 2.05) is 42.5 Å². The standard InChI is InChI=1S/C22H22ClN3O3/c23-17-8-3-5-15(13-17)10-12-24-19(27)14-26-20(28)22(25-21(26)29)11-4-7-16-6-1-2-9-18(16)22/h1-3,5-6,8-9,13H,4,7,10-12,14H2,(H,24,27)(H,25,29)/t22-/m0/s1. The Kier molecular flexibility index (Phi) is 5.28. The number of halogens is 1. The van der Waals surface area contributed by atoms with E-state index in [0.29, 0.717) is 24.4 Å². The first-order valence-electron chi connectivity index (χ1n) is 9.73. The average Bonchev–Trinajstić information content (AvgIpc) is 2.93. The lowest BCUT2D eigenvalue weighted by Crippen LogP contribution is -2.47. The Bertz CT molecular complexity index is 977. The molecule has 6 nitrogen and oxygen atoms in total. The number of hydrogen-bond acceptors (Lipinski definition) is 3. The molecule has 0 bridgehead atoms. The molecule has 4 amide bonds. The number of urea groups is 1. The van der Waals surface area contributed by atoms with E-state index in [4.69, 9.17) is 11.6 Å². The van der Waals surface area contributed by atoms with Crippen LogP contribution in [-0.2, 0) is 28.0 Å². The van der Waals surface area contributed by atoms with Gasteiger partial charge in [-0.3, -0.25) is 14.5 Å². The number of aryl methyl sites for hydroxylation is 1. The maximum Gasteiger partial charge on any atom is 0.325 e. The molecule has 4 rings (SSSR count). The van der Waals surface area contributed by atoms with Crippen molar-refractivity contribution in [2.24, 2.45) is 0 Å². The van der Waals surface area contributed by atoms with Gasteiger partial charge in [-0.25, -0.2) is 4.79 Å².